The number of rotatable bonds is 4. The first kappa shape index (κ1) is 13.1. The van der Waals surface area contributed by atoms with Gasteiger partial charge in [0, 0.05) is 24.0 Å². The van der Waals surface area contributed by atoms with E-state index in [1.54, 1.807) is 10.9 Å². The van der Waals surface area contributed by atoms with Gasteiger partial charge in [-0.3, -0.25) is 4.68 Å². The van der Waals surface area contributed by atoms with Crippen LogP contribution in [0.4, 0.5) is 0 Å². The molecule has 0 spiro atoms. The van der Waals surface area contributed by atoms with Crippen molar-refractivity contribution in [2.45, 2.75) is 32.1 Å². The fourth-order valence-electron chi connectivity index (χ4n) is 1.73. The lowest BCUT2D eigenvalue weighted by molar-refractivity contribution is 0.425. The third-order valence-corrected chi connectivity index (χ3v) is 3.30. The largest absolute Gasteiger partial charge is 0.436 e. The topological polar surface area (TPSA) is 44.9 Å². The van der Waals surface area contributed by atoms with Gasteiger partial charge in [-0.1, -0.05) is 15.9 Å². The molecule has 0 saturated heterocycles. The van der Waals surface area contributed by atoms with Crippen molar-refractivity contribution in [3.05, 3.63) is 23.7 Å². The van der Waals surface area contributed by atoms with E-state index in [0.29, 0.717) is 6.04 Å². The van der Waals surface area contributed by atoms with Crippen molar-refractivity contribution in [1.29, 1.82) is 0 Å². The average molecular weight is 313 g/mol. The Morgan fingerprint density at radius 2 is 2.17 bits per heavy atom. The van der Waals surface area contributed by atoms with E-state index in [1.807, 2.05) is 24.9 Å². The average Bonchev–Trinajstić information content (AvgIpc) is 2.86. The van der Waals surface area contributed by atoms with Crippen LogP contribution in [0.1, 0.15) is 31.1 Å². The van der Waals surface area contributed by atoms with E-state index in [1.165, 1.54) is 0 Å². The van der Waals surface area contributed by atoms with E-state index in [4.69, 9.17) is 4.74 Å². The fraction of sp³-hybridized carbons (Fsp3) is 0.500. The molecule has 0 bridgehead atoms. The van der Waals surface area contributed by atoms with Crippen LogP contribution in [0.3, 0.4) is 0 Å². The summed E-state index contributed by atoms with van der Waals surface area (Å²) >= 11 is 3.46. The van der Waals surface area contributed by atoms with E-state index in [2.05, 4.69) is 40.0 Å². The normalized spacial score (nSPS) is 11.2. The molecule has 2 aromatic rings. The first-order chi connectivity index (χ1) is 8.52. The highest BCUT2D eigenvalue weighted by Crippen LogP contribution is 2.28. The maximum Gasteiger partial charge on any atom is 0.222 e. The Labute approximate surface area is 115 Å². The Hall–Kier alpha value is -1.30. The van der Waals surface area contributed by atoms with Crippen LogP contribution >= 0.6 is 15.9 Å². The molecule has 0 fully saturated rings. The highest BCUT2D eigenvalue weighted by atomic mass is 79.9. The molecule has 6 heteroatoms. The van der Waals surface area contributed by atoms with Gasteiger partial charge >= 0.3 is 0 Å². The number of hydrogen-bond donors (Lipinski definition) is 0. The Bertz CT molecular complexity index is 544. The SMILES string of the molecule is Cc1nn(C)c(Oc2cnn(C(C)C)c2)c1CBr. The van der Waals surface area contributed by atoms with Crippen molar-refractivity contribution >= 4 is 15.9 Å². The van der Waals surface area contributed by atoms with Crippen LogP contribution in [0.5, 0.6) is 11.6 Å². The van der Waals surface area contributed by atoms with E-state index in [9.17, 15) is 0 Å². The van der Waals surface area contributed by atoms with Gasteiger partial charge < -0.3 is 4.74 Å². The van der Waals surface area contributed by atoms with Gasteiger partial charge in [0.1, 0.15) is 0 Å². The summed E-state index contributed by atoms with van der Waals surface area (Å²) in [4.78, 5) is 0. The van der Waals surface area contributed by atoms with Crippen LogP contribution in [0.25, 0.3) is 0 Å². The first-order valence-corrected chi connectivity index (χ1v) is 6.95. The molecule has 0 atom stereocenters. The predicted molar refractivity (Wildman–Crippen MR) is 73.3 cm³/mol. The highest BCUT2D eigenvalue weighted by molar-refractivity contribution is 9.08. The van der Waals surface area contributed by atoms with Gasteiger partial charge in [0.2, 0.25) is 5.88 Å². The summed E-state index contributed by atoms with van der Waals surface area (Å²) in [5.74, 6) is 1.49. The molecule has 2 rings (SSSR count). The lowest BCUT2D eigenvalue weighted by atomic mass is 10.3. The van der Waals surface area contributed by atoms with Crippen molar-refractivity contribution in [3.8, 4) is 11.6 Å². The van der Waals surface area contributed by atoms with Crippen LogP contribution in [0.2, 0.25) is 0 Å². The van der Waals surface area contributed by atoms with Crippen LogP contribution in [-0.4, -0.2) is 19.6 Å². The summed E-state index contributed by atoms with van der Waals surface area (Å²) in [7, 11) is 1.88. The van der Waals surface area contributed by atoms with Gasteiger partial charge in [0.15, 0.2) is 5.75 Å². The van der Waals surface area contributed by atoms with Gasteiger partial charge in [0.05, 0.1) is 18.1 Å². The van der Waals surface area contributed by atoms with Gasteiger partial charge in [-0.15, -0.1) is 0 Å². The zero-order valence-electron chi connectivity index (χ0n) is 11.0. The zero-order chi connectivity index (χ0) is 13.3. The number of ether oxygens (including phenoxy) is 1. The first-order valence-electron chi connectivity index (χ1n) is 5.83. The lowest BCUT2D eigenvalue weighted by Gasteiger charge is -2.06. The summed E-state index contributed by atoms with van der Waals surface area (Å²) in [6, 6.07) is 0.325. The standard InChI is InChI=1S/C12H17BrN4O/c1-8(2)17-7-10(6-14-17)18-12-11(5-13)9(3)15-16(12)4/h6-8H,5H2,1-4H3. The van der Waals surface area contributed by atoms with Gasteiger partial charge in [0.25, 0.3) is 0 Å². The zero-order valence-corrected chi connectivity index (χ0v) is 12.6. The Kier molecular flexibility index (Phi) is 3.75. The molecule has 0 saturated carbocycles. The maximum atomic E-state index is 5.87. The second-order valence-corrected chi connectivity index (χ2v) is 5.04. The number of aromatic nitrogens is 4. The minimum atomic E-state index is 0.325. The molecular weight excluding hydrogens is 296 g/mol. The predicted octanol–water partition coefficient (Wildman–Crippen LogP) is 3.19. The second-order valence-electron chi connectivity index (χ2n) is 4.48. The number of hydrogen-bond acceptors (Lipinski definition) is 3. The van der Waals surface area contributed by atoms with E-state index in [-0.39, 0.29) is 0 Å². The van der Waals surface area contributed by atoms with E-state index in [0.717, 1.165) is 28.2 Å². The molecular formula is C12H17BrN4O. The van der Waals surface area contributed by atoms with Crippen LogP contribution < -0.4 is 4.74 Å². The molecule has 0 radical (unpaired) electrons. The van der Waals surface area contributed by atoms with Gasteiger partial charge in [-0.05, 0) is 20.8 Å². The Morgan fingerprint density at radius 3 is 2.72 bits per heavy atom. The monoisotopic (exact) mass is 312 g/mol. The number of aryl methyl sites for hydroxylation is 2. The van der Waals surface area contributed by atoms with Crippen molar-refractivity contribution < 1.29 is 4.74 Å². The van der Waals surface area contributed by atoms with Crippen molar-refractivity contribution in [2.24, 2.45) is 7.05 Å². The third kappa shape index (κ3) is 2.43. The van der Waals surface area contributed by atoms with Crippen LogP contribution in [0, 0.1) is 6.92 Å². The minimum Gasteiger partial charge on any atom is -0.436 e. The highest BCUT2D eigenvalue weighted by Gasteiger charge is 2.15. The molecule has 0 aliphatic heterocycles. The molecule has 2 heterocycles. The molecule has 0 aliphatic carbocycles. The Morgan fingerprint density at radius 1 is 1.44 bits per heavy atom. The van der Waals surface area contributed by atoms with Crippen LogP contribution in [-0.2, 0) is 12.4 Å². The molecule has 0 aromatic carbocycles. The third-order valence-electron chi connectivity index (χ3n) is 2.74. The summed E-state index contributed by atoms with van der Waals surface area (Å²) in [5, 5.41) is 9.33. The van der Waals surface area contributed by atoms with Gasteiger partial charge in [-0.25, -0.2) is 4.68 Å². The number of nitrogens with zero attached hydrogens (tertiary/aromatic N) is 4. The molecule has 0 aliphatic rings. The molecule has 5 nitrogen and oxygen atoms in total. The quantitative estimate of drug-likeness (QED) is 0.814. The summed E-state index contributed by atoms with van der Waals surface area (Å²) in [6.07, 6.45) is 3.62. The lowest BCUT2D eigenvalue weighted by Crippen LogP contribution is -2.00. The number of halogens is 1. The van der Waals surface area contributed by atoms with Crippen molar-refractivity contribution in [3.63, 3.8) is 0 Å². The Balaban J connectivity index is 2.27. The maximum absolute atomic E-state index is 5.87. The summed E-state index contributed by atoms with van der Waals surface area (Å²) < 4.78 is 9.49. The van der Waals surface area contributed by atoms with E-state index >= 15 is 0 Å². The summed E-state index contributed by atoms with van der Waals surface area (Å²) in [5.41, 5.74) is 2.04. The fourth-order valence-corrected chi connectivity index (χ4v) is 2.38. The second kappa shape index (κ2) is 5.14. The summed E-state index contributed by atoms with van der Waals surface area (Å²) in [6.45, 7) is 6.13. The minimum absolute atomic E-state index is 0.325. The van der Waals surface area contributed by atoms with Crippen molar-refractivity contribution in [2.75, 3.05) is 0 Å². The van der Waals surface area contributed by atoms with E-state index < -0.39 is 0 Å². The molecule has 98 valence electrons. The van der Waals surface area contributed by atoms with Gasteiger partial charge in [-0.2, -0.15) is 10.2 Å². The van der Waals surface area contributed by atoms with Crippen LogP contribution in [0.15, 0.2) is 12.4 Å². The molecule has 0 amide bonds. The molecule has 0 unspecified atom stereocenters. The molecule has 18 heavy (non-hydrogen) atoms. The molecule has 0 N–H and O–H groups in total. The van der Waals surface area contributed by atoms with Crippen molar-refractivity contribution in [1.82, 2.24) is 19.6 Å². The molecule has 2 aromatic heterocycles. The smallest absolute Gasteiger partial charge is 0.222 e. The number of alkyl halides is 1.